The fourth-order valence-electron chi connectivity index (χ4n) is 2.50. The average molecular weight is 407 g/mol. The van der Waals surface area contributed by atoms with Crippen LogP contribution in [0.2, 0.25) is 10.0 Å². The fraction of sp³-hybridized carbons (Fsp3) is 0.150. The lowest BCUT2D eigenvalue weighted by atomic mass is 10.1. The summed E-state index contributed by atoms with van der Waals surface area (Å²) in [7, 11) is 0. The molecule has 0 aliphatic heterocycles. The maximum absolute atomic E-state index is 12.3. The molecule has 1 N–H and O–H groups in total. The van der Waals surface area contributed by atoms with Crippen LogP contribution in [-0.4, -0.2) is 10.9 Å². The number of hydrogen-bond acceptors (Lipinski definition) is 4. The molecule has 0 bridgehead atoms. The van der Waals surface area contributed by atoms with E-state index in [1.54, 1.807) is 23.9 Å². The first-order valence-corrected chi connectivity index (χ1v) is 9.69. The maximum atomic E-state index is 12.3. The highest BCUT2D eigenvalue weighted by Crippen LogP contribution is 2.34. The SMILES string of the molecule is Cc1ccc(SCCc2cc(O)c(-c3ccc(Cl)cc3Cl)c(=O)o2)cc1. The van der Waals surface area contributed by atoms with Crippen molar-refractivity contribution in [1.29, 1.82) is 0 Å². The first kappa shape index (κ1) is 18.9. The Morgan fingerprint density at radius 3 is 2.46 bits per heavy atom. The minimum atomic E-state index is -0.621. The smallest absolute Gasteiger partial charge is 0.347 e. The van der Waals surface area contributed by atoms with E-state index in [2.05, 4.69) is 24.3 Å². The molecule has 2 aromatic carbocycles. The third-order valence-corrected chi connectivity index (χ3v) is 5.38. The summed E-state index contributed by atoms with van der Waals surface area (Å²) in [6.45, 7) is 2.04. The third kappa shape index (κ3) is 4.44. The predicted octanol–water partition coefficient (Wildman–Crippen LogP) is 5.96. The van der Waals surface area contributed by atoms with Crippen LogP contribution < -0.4 is 5.63 Å². The van der Waals surface area contributed by atoms with Gasteiger partial charge in [-0.15, -0.1) is 11.8 Å². The normalized spacial score (nSPS) is 10.9. The molecule has 0 radical (unpaired) electrons. The molecule has 0 amide bonds. The van der Waals surface area contributed by atoms with Crippen molar-refractivity contribution in [3.05, 3.63) is 80.3 Å². The Bertz CT molecular complexity index is 981. The van der Waals surface area contributed by atoms with Gasteiger partial charge in [-0.25, -0.2) is 4.79 Å². The van der Waals surface area contributed by atoms with Crippen molar-refractivity contribution >= 4 is 35.0 Å². The van der Waals surface area contributed by atoms with Gasteiger partial charge in [-0.2, -0.15) is 0 Å². The Kier molecular flexibility index (Phi) is 5.97. The number of benzene rings is 2. The highest BCUT2D eigenvalue weighted by molar-refractivity contribution is 7.99. The van der Waals surface area contributed by atoms with E-state index in [9.17, 15) is 9.90 Å². The maximum Gasteiger partial charge on any atom is 0.347 e. The molecule has 0 saturated heterocycles. The average Bonchev–Trinajstić information content (AvgIpc) is 2.58. The molecule has 0 fully saturated rings. The molecule has 3 rings (SSSR count). The summed E-state index contributed by atoms with van der Waals surface area (Å²) in [5, 5.41) is 11.0. The predicted molar refractivity (Wildman–Crippen MR) is 108 cm³/mol. The van der Waals surface area contributed by atoms with Crippen molar-refractivity contribution in [2.75, 3.05) is 5.75 Å². The summed E-state index contributed by atoms with van der Waals surface area (Å²) >= 11 is 13.7. The van der Waals surface area contributed by atoms with E-state index in [0.29, 0.717) is 22.8 Å². The summed E-state index contributed by atoms with van der Waals surface area (Å²) in [4.78, 5) is 13.5. The molecule has 0 spiro atoms. The standard InChI is InChI=1S/C20H16Cl2O3S/c1-12-2-5-15(6-3-12)26-9-8-14-11-18(23)19(20(24)25-14)16-7-4-13(21)10-17(16)22/h2-7,10-11,23H,8-9H2,1H3. The van der Waals surface area contributed by atoms with Gasteiger partial charge in [0.25, 0.3) is 0 Å². The van der Waals surface area contributed by atoms with E-state index in [-0.39, 0.29) is 16.3 Å². The summed E-state index contributed by atoms with van der Waals surface area (Å²) in [6.07, 6.45) is 0.524. The number of rotatable bonds is 5. The topological polar surface area (TPSA) is 50.4 Å². The van der Waals surface area contributed by atoms with Gasteiger partial charge in [0.2, 0.25) is 0 Å². The Labute approximate surface area is 165 Å². The van der Waals surface area contributed by atoms with E-state index in [1.807, 2.05) is 6.92 Å². The molecule has 0 atom stereocenters. The zero-order chi connectivity index (χ0) is 18.7. The lowest BCUT2D eigenvalue weighted by molar-refractivity contribution is 0.430. The zero-order valence-electron chi connectivity index (χ0n) is 14.0. The van der Waals surface area contributed by atoms with Gasteiger partial charge in [0, 0.05) is 33.7 Å². The van der Waals surface area contributed by atoms with Crippen LogP contribution >= 0.6 is 35.0 Å². The molecule has 3 nitrogen and oxygen atoms in total. The van der Waals surface area contributed by atoms with E-state index in [1.165, 1.54) is 17.7 Å². The second kappa shape index (κ2) is 8.21. The highest BCUT2D eigenvalue weighted by Gasteiger charge is 2.16. The molecular weight excluding hydrogens is 391 g/mol. The second-order valence-electron chi connectivity index (χ2n) is 5.80. The molecule has 0 aliphatic carbocycles. The van der Waals surface area contributed by atoms with Crippen molar-refractivity contribution in [1.82, 2.24) is 0 Å². The van der Waals surface area contributed by atoms with Gasteiger partial charge in [-0.3, -0.25) is 0 Å². The van der Waals surface area contributed by atoms with Crippen LogP contribution in [-0.2, 0) is 6.42 Å². The summed E-state index contributed by atoms with van der Waals surface area (Å²) in [5.74, 6) is 1.01. The Morgan fingerprint density at radius 1 is 1.08 bits per heavy atom. The minimum Gasteiger partial charge on any atom is -0.507 e. The van der Waals surface area contributed by atoms with Crippen LogP contribution in [0.25, 0.3) is 11.1 Å². The monoisotopic (exact) mass is 406 g/mol. The first-order chi connectivity index (χ1) is 12.4. The zero-order valence-corrected chi connectivity index (χ0v) is 16.3. The molecule has 1 heterocycles. The highest BCUT2D eigenvalue weighted by atomic mass is 35.5. The third-order valence-electron chi connectivity index (χ3n) is 3.82. The van der Waals surface area contributed by atoms with Crippen molar-refractivity contribution in [3.63, 3.8) is 0 Å². The number of thioether (sulfide) groups is 1. The van der Waals surface area contributed by atoms with Gasteiger partial charge in [0.1, 0.15) is 17.1 Å². The van der Waals surface area contributed by atoms with Gasteiger partial charge < -0.3 is 9.52 Å². The van der Waals surface area contributed by atoms with Gasteiger partial charge >= 0.3 is 5.63 Å². The Balaban J connectivity index is 1.76. The molecule has 26 heavy (non-hydrogen) atoms. The van der Waals surface area contributed by atoms with E-state index in [0.717, 1.165) is 10.6 Å². The number of aromatic hydroxyl groups is 1. The fourth-order valence-corrected chi connectivity index (χ4v) is 3.87. The summed E-state index contributed by atoms with van der Waals surface area (Å²) in [5.41, 5.74) is 1.02. The largest absolute Gasteiger partial charge is 0.507 e. The van der Waals surface area contributed by atoms with Crippen LogP contribution in [0, 0.1) is 6.92 Å². The van der Waals surface area contributed by atoms with E-state index >= 15 is 0 Å². The molecule has 0 aliphatic rings. The summed E-state index contributed by atoms with van der Waals surface area (Å²) in [6, 6.07) is 14.4. The van der Waals surface area contributed by atoms with E-state index in [4.69, 9.17) is 27.6 Å². The van der Waals surface area contributed by atoms with Crippen molar-refractivity contribution in [3.8, 4) is 16.9 Å². The van der Waals surface area contributed by atoms with Crippen molar-refractivity contribution < 1.29 is 9.52 Å². The molecule has 0 saturated carbocycles. The number of halogens is 2. The molecule has 3 aromatic rings. The van der Waals surface area contributed by atoms with Crippen LogP contribution in [0.5, 0.6) is 5.75 Å². The minimum absolute atomic E-state index is 0.0432. The lowest BCUT2D eigenvalue weighted by Crippen LogP contribution is -2.06. The molecular formula is C20H16Cl2O3S. The van der Waals surface area contributed by atoms with Crippen LogP contribution in [0.4, 0.5) is 0 Å². The van der Waals surface area contributed by atoms with Crippen molar-refractivity contribution in [2.45, 2.75) is 18.2 Å². The first-order valence-electron chi connectivity index (χ1n) is 7.95. The Morgan fingerprint density at radius 2 is 1.81 bits per heavy atom. The lowest BCUT2D eigenvalue weighted by Gasteiger charge is -2.08. The van der Waals surface area contributed by atoms with Crippen LogP contribution in [0.15, 0.2) is 62.6 Å². The Hall–Kier alpha value is -1.88. The van der Waals surface area contributed by atoms with Gasteiger partial charge in [-0.05, 0) is 31.2 Å². The van der Waals surface area contributed by atoms with Gasteiger partial charge in [-0.1, -0.05) is 47.0 Å². The van der Waals surface area contributed by atoms with Gasteiger partial charge in [0.05, 0.1) is 5.02 Å². The number of hydrogen-bond donors (Lipinski definition) is 1. The molecule has 0 unspecified atom stereocenters. The molecule has 6 heteroatoms. The summed E-state index contributed by atoms with van der Waals surface area (Å²) < 4.78 is 5.37. The molecule has 1 aromatic heterocycles. The van der Waals surface area contributed by atoms with Crippen molar-refractivity contribution in [2.24, 2.45) is 0 Å². The quantitative estimate of drug-likeness (QED) is 0.530. The second-order valence-corrected chi connectivity index (χ2v) is 7.81. The van der Waals surface area contributed by atoms with E-state index < -0.39 is 5.63 Å². The van der Waals surface area contributed by atoms with Crippen LogP contribution in [0.3, 0.4) is 0 Å². The molecule has 134 valence electrons. The van der Waals surface area contributed by atoms with Gasteiger partial charge in [0.15, 0.2) is 0 Å². The number of aryl methyl sites for hydroxylation is 2. The van der Waals surface area contributed by atoms with Crippen LogP contribution in [0.1, 0.15) is 11.3 Å².